The zero-order chi connectivity index (χ0) is 10.7. The summed E-state index contributed by atoms with van der Waals surface area (Å²) in [6.45, 7) is 0. The summed E-state index contributed by atoms with van der Waals surface area (Å²) in [5, 5.41) is 0. The minimum Gasteiger partial charge on any atom is -0.495 e. The molecule has 0 amide bonds. The van der Waals surface area contributed by atoms with E-state index < -0.39 is 0 Å². The lowest BCUT2D eigenvalue weighted by atomic mass is 9.79. The van der Waals surface area contributed by atoms with Gasteiger partial charge in [-0.05, 0) is 25.0 Å². The average Bonchev–Trinajstić information content (AvgIpc) is 2.30. The Balaban J connectivity index is 2.34. The van der Waals surface area contributed by atoms with E-state index in [1.54, 1.807) is 13.3 Å². The molecule has 0 unspecified atom stereocenters. The van der Waals surface area contributed by atoms with Gasteiger partial charge in [0.1, 0.15) is 11.4 Å². The van der Waals surface area contributed by atoms with Crippen molar-refractivity contribution >= 4 is 0 Å². The number of pyridine rings is 1. The standard InChI is InChI=1S/C12H18N2O/c1-15-10-6-5-9-14-11(10)12(13)7-3-2-4-8-12/h5-6,9H,2-4,7-8,13H2,1H3. The number of nitrogens with two attached hydrogens (primary N) is 1. The summed E-state index contributed by atoms with van der Waals surface area (Å²) >= 11 is 0. The van der Waals surface area contributed by atoms with E-state index in [2.05, 4.69) is 4.98 Å². The van der Waals surface area contributed by atoms with E-state index in [-0.39, 0.29) is 5.54 Å². The average molecular weight is 206 g/mol. The maximum absolute atomic E-state index is 6.41. The first kappa shape index (κ1) is 10.4. The number of nitrogens with zero attached hydrogens (tertiary/aromatic N) is 1. The van der Waals surface area contributed by atoms with Crippen LogP contribution in [0.1, 0.15) is 37.8 Å². The molecule has 0 saturated heterocycles. The van der Waals surface area contributed by atoms with Gasteiger partial charge in [0.15, 0.2) is 0 Å². The van der Waals surface area contributed by atoms with Gasteiger partial charge < -0.3 is 10.5 Å². The fourth-order valence-electron chi connectivity index (χ4n) is 2.35. The molecule has 0 bridgehead atoms. The summed E-state index contributed by atoms with van der Waals surface area (Å²) in [6, 6.07) is 3.82. The second kappa shape index (κ2) is 4.19. The molecule has 3 heteroatoms. The molecule has 1 aromatic heterocycles. The van der Waals surface area contributed by atoms with Gasteiger partial charge in [-0.1, -0.05) is 19.3 Å². The molecule has 1 aliphatic carbocycles. The number of hydrogen-bond acceptors (Lipinski definition) is 3. The van der Waals surface area contributed by atoms with Gasteiger partial charge in [0.25, 0.3) is 0 Å². The van der Waals surface area contributed by atoms with E-state index in [1.807, 2.05) is 12.1 Å². The monoisotopic (exact) mass is 206 g/mol. The zero-order valence-electron chi connectivity index (χ0n) is 9.20. The van der Waals surface area contributed by atoms with Crippen molar-refractivity contribution in [3.05, 3.63) is 24.0 Å². The Hall–Kier alpha value is -1.09. The number of hydrogen-bond donors (Lipinski definition) is 1. The van der Waals surface area contributed by atoms with Crippen LogP contribution in [0.5, 0.6) is 5.75 Å². The summed E-state index contributed by atoms with van der Waals surface area (Å²) in [7, 11) is 1.67. The second-order valence-electron chi connectivity index (χ2n) is 4.27. The minimum absolute atomic E-state index is 0.273. The lowest BCUT2D eigenvalue weighted by molar-refractivity contribution is 0.281. The van der Waals surface area contributed by atoms with Crippen molar-refractivity contribution in [1.29, 1.82) is 0 Å². The maximum Gasteiger partial charge on any atom is 0.142 e. The van der Waals surface area contributed by atoms with Crippen molar-refractivity contribution in [2.24, 2.45) is 5.73 Å². The van der Waals surface area contributed by atoms with Gasteiger partial charge in [0, 0.05) is 6.20 Å². The Morgan fingerprint density at radius 2 is 2.07 bits per heavy atom. The highest BCUT2D eigenvalue weighted by molar-refractivity contribution is 5.33. The molecule has 0 aliphatic heterocycles. The Kier molecular flexibility index (Phi) is 2.91. The van der Waals surface area contributed by atoms with E-state index in [1.165, 1.54) is 19.3 Å². The molecular weight excluding hydrogens is 188 g/mol. The number of methoxy groups -OCH3 is 1. The Morgan fingerprint density at radius 1 is 1.33 bits per heavy atom. The van der Waals surface area contributed by atoms with E-state index in [4.69, 9.17) is 10.5 Å². The van der Waals surface area contributed by atoms with Crippen LogP contribution in [0.25, 0.3) is 0 Å². The van der Waals surface area contributed by atoms with E-state index >= 15 is 0 Å². The molecule has 0 radical (unpaired) electrons. The fraction of sp³-hybridized carbons (Fsp3) is 0.583. The molecule has 1 saturated carbocycles. The molecule has 0 spiro atoms. The third-order valence-corrected chi connectivity index (χ3v) is 3.21. The molecule has 82 valence electrons. The highest BCUT2D eigenvalue weighted by atomic mass is 16.5. The molecule has 2 N–H and O–H groups in total. The highest BCUT2D eigenvalue weighted by Crippen LogP contribution is 2.37. The van der Waals surface area contributed by atoms with Gasteiger partial charge in [-0.25, -0.2) is 0 Å². The van der Waals surface area contributed by atoms with E-state index in [9.17, 15) is 0 Å². The van der Waals surface area contributed by atoms with Gasteiger partial charge in [0.2, 0.25) is 0 Å². The molecule has 1 heterocycles. The van der Waals surface area contributed by atoms with Crippen LogP contribution >= 0.6 is 0 Å². The number of ether oxygens (including phenoxy) is 1. The molecule has 2 rings (SSSR count). The first-order chi connectivity index (χ1) is 7.26. The van der Waals surface area contributed by atoms with Crippen LogP contribution in [-0.4, -0.2) is 12.1 Å². The maximum atomic E-state index is 6.41. The molecule has 1 aromatic rings. The molecule has 0 atom stereocenters. The Bertz CT molecular complexity index is 332. The predicted octanol–water partition coefficient (Wildman–Crippen LogP) is 2.21. The first-order valence-electron chi connectivity index (χ1n) is 5.55. The van der Waals surface area contributed by atoms with Crippen molar-refractivity contribution in [2.75, 3.05) is 7.11 Å². The van der Waals surface area contributed by atoms with Crippen molar-refractivity contribution in [3.63, 3.8) is 0 Å². The van der Waals surface area contributed by atoms with Crippen molar-refractivity contribution in [1.82, 2.24) is 4.98 Å². The van der Waals surface area contributed by atoms with Crippen LogP contribution in [0.2, 0.25) is 0 Å². The van der Waals surface area contributed by atoms with Crippen LogP contribution in [-0.2, 0) is 5.54 Å². The largest absolute Gasteiger partial charge is 0.495 e. The van der Waals surface area contributed by atoms with Crippen LogP contribution < -0.4 is 10.5 Å². The summed E-state index contributed by atoms with van der Waals surface area (Å²) in [5.74, 6) is 0.821. The molecular formula is C12H18N2O. The number of rotatable bonds is 2. The first-order valence-corrected chi connectivity index (χ1v) is 5.55. The van der Waals surface area contributed by atoms with Crippen molar-refractivity contribution < 1.29 is 4.74 Å². The summed E-state index contributed by atoms with van der Waals surface area (Å²) < 4.78 is 5.32. The van der Waals surface area contributed by atoms with Crippen LogP contribution in [0.3, 0.4) is 0 Å². The Morgan fingerprint density at radius 3 is 2.73 bits per heavy atom. The van der Waals surface area contributed by atoms with Crippen molar-refractivity contribution in [3.8, 4) is 5.75 Å². The zero-order valence-corrected chi connectivity index (χ0v) is 9.20. The fourth-order valence-corrected chi connectivity index (χ4v) is 2.35. The molecule has 15 heavy (non-hydrogen) atoms. The smallest absolute Gasteiger partial charge is 0.142 e. The molecule has 1 fully saturated rings. The lowest BCUT2D eigenvalue weighted by Crippen LogP contribution is -2.39. The van der Waals surface area contributed by atoms with Gasteiger partial charge in [-0.15, -0.1) is 0 Å². The van der Waals surface area contributed by atoms with E-state index in [0.717, 1.165) is 24.3 Å². The van der Waals surface area contributed by atoms with Gasteiger partial charge in [0.05, 0.1) is 12.6 Å². The molecule has 0 aromatic carbocycles. The van der Waals surface area contributed by atoms with Crippen LogP contribution in [0.15, 0.2) is 18.3 Å². The van der Waals surface area contributed by atoms with Crippen LogP contribution in [0.4, 0.5) is 0 Å². The lowest BCUT2D eigenvalue weighted by Gasteiger charge is -2.33. The minimum atomic E-state index is -0.273. The summed E-state index contributed by atoms with van der Waals surface area (Å²) in [5.41, 5.74) is 7.06. The van der Waals surface area contributed by atoms with E-state index in [0.29, 0.717) is 0 Å². The molecule has 1 aliphatic rings. The Labute approximate surface area is 90.7 Å². The topological polar surface area (TPSA) is 48.1 Å². The molecule has 3 nitrogen and oxygen atoms in total. The van der Waals surface area contributed by atoms with Gasteiger partial charge >= 0.3 is 0 Å². The quantitative estimate of drug-likeness (QED) is 0.807. The normalized spacial score (nSPS) is 19.9. The summed E-state index contributed by atoms with van der Waals surface area (Å²) in [4.78, 5) is 4.39. The highest BCUT2D eigenvalue weighted by Gasteiger charge is 2.33. The summed E-state index contributed by atoms with van der Waals surface area (Å²) in [6.07, 6.45) is 7.49. The second-order valence-corrected chi connectivity index (χ2v) is 4.27. The van der Waals surface area contributed by atoms with Gasteiger partial charge in [-0.2, -0.15) is 0 Å². The third kappa shape index (κ3) is 1.97. The van der Waals surface area contributed by atoms with Crippen LogP contribution in [0, 0.1) is 0 Å². The predicted molar refractivity (Wildman–Crippen MR) is 59.7 cm³/mol. The van der Waals surface area contributed by atoms with Crippen molar-refractivity contribution in [2.45, 2.75) is 37.6 Å². The number of aromatic nitrogens is 1. The van der Waals surface area contributed by atoms with Gasteiger partial charge in [-0.3, -0.25) is 4.98 Å². The third-order valence-electron chi connectivity index (χ3n) is 3.21. The SMILES string of the molecule is COc1cccnc1C1(N)CCCCC1.